The van der Waals surface area contributed by atoms with Crippen molar-refractivity contribution in [3.05, 3.63) is 0 Å². The maximum atomic E-state index is 5.38. The Morgan fingerprint density at radius 1 is 1.27 bits per heavy atom. The summed E-state index contributed by atoms with van der Waals surface area (Å²) in [5.74, 6) is 0. The van der Waals surface area contributed by atoms with Gasteiger partial charge >= 0.3 is 16.0 Å². The van der Waals surface area contributed by atoms with E-state index in [-0.39, 0.29) is 21.6 Å². The number of hydrogen-bond donors (Lipinski definition) is 0. The number of halogens is 2. The predicted octanol–water partition coefficient (Wildman–Crippen LogP) is 3.52. The van der Waals surface area contributed by atoms with Gasteiger partial charge in [-0.2, -0.15) is 0 Å². The Morgan fingerprint density at radius 2 is 1.64 bits per heavy atom. The number of rotatable bonds is 3. The Bertz CT molecular complexity index is 78.8. The van der Waals surface area contributed by atoms with Gasteiger partial charge in [-0.05, 0) is 27.2 Å². The largest absolute Gasteiger partial charge is 0.560 e. The van der Waals surface area contributed by atoms with Gasteiger partial charge in [-0.15, -0.1) is 0 Å². The normalized spacial score (nSPS) is 9.64. The fraction of sp³-hybridized carbons (Fsp3) is 1.00. The van der Waals surface area contributed by atoms with Crippen LogP contribution in [0.5, 0.6) is 0 Å². The summed E-state index contributed by atoms with van der Waals surface area (Å²) in [6, 6.07) is 0. The first-order valence-electron chi connectivity index (χ1n) is 3.80. The highest BCUT2D eigenvalue weighted by molar-refractivity contribution is 9.47. The first-order valence-corrected chi connectivity index (χ1v) is 11.6. The zero-order valence-electron chi connectivity index (χ0n) is 7.79. The summed E-state index contributed by atoms with van der Waals surface area (Å²) in [4.78, 5) is 0. The van der Waals surface area contributed by atoms with Gasteiger partial charge in [0.25, 0.3) is 0 Å². The summed E-state index contributed by atoms with van der Waals surface area (Å²) in [7, 11) is 0. The molecule has 0 aliphatic heterocycles. The zero-order chi connectivity index (χ0) is 9.33. The van der Waals surface area contributed by atoms with Crippen molar-refractivity contribution in [2.24, 2.45) is 0 Å². The molecule has 1 nitrogen and oxygen atoms in total. The van der Waals surface area contributed by atoms with E-state index < -0.39 is 0 Å². The minimum absolute atomic E-state index is 0.0417. The minimum Gasteiger partial charge on any atom is -0.376 e. The Balaban J connectivity index is 0. The molecule has 0 saturated carbocycles. The van der Waals surface area contributed by atoms with Crippen molar-refractivity contribution in [2.45, 2.75) is 39.7 Å². The van der Waals surface area contributed by atoms with Gasteiger partial charge in [0.05, 0.1) is 5.60 Å². The highest BCUT2D eigenvalue weighted by Crippen LogP contribution is 2.12. The first kappa shape index (κ1) is 15.2. The quantitative estimate of drug-likeness (QED) is 0.725. The van der Waals surface area contributed by atoms with E-state index in [1.54, 1.807) is 0 Å². The molecule has 0 bridgehead atoms. The highest BCUT2D eigenvalue weighted by atomic mass is 79.9. The van der Waals surface area contributed by atoms with Crippen LogP contribution in [-0.2, 0) is 4.74 Å². The predicted molar refractivity (Wildman–Crippen MR) is 59.6 cm³/mol. The second kappa shape index (κ2) is 9.77. The van der Waals surface area contributed by atoms with E-state index in [9.17, 15) is 0 Å². The van der Waals surface area contributed by atoms with Crippen molar-refractivity contribution < 1.29 is 4.74 Å². The van der Waals surface area contributed by atoms with Gasteiger partial charge in [-0.1, -0.05) is 6.92 Å². The zero-order valence-corrected chi connectivity index (χ0v) is 12.4. The summed E-state index contributed by atoms with van der Waals surface area (Å²) in [5, 5.41) is 0. The summed E-state index contributed by atoms with van der Waals surface area (Å²) in [5.41, 5.74) is 0.0920. The molecule has 0 saturated heterocycles. The lowest BCUT2D eigenvalue weighted by atomic mass is 10.1. The van der Waals surface area contributed by atoms with Crippen LogP contribution in [0.15, 0.2) is 0 Å². The second-order valence-corrected chi connectivity index (χ2v) is 10.7. The average Bonchev–Trinajstić information content (AvgIpc) is 1.90. The van der Waals surface area contributed by atoms with Crippen LogP contribution in [0.1, 0.15) is 34.1 Å². The van der Waals surface area contributed by atoms with Crippen LogP contribution in [0.4, 0.5) is 0 Å². The molecule has 0 amide bonds. The van der Waals surface area contributed by atoms with Crippen LogP contribution < -0.4 is 0 Å². The molecule has 0 atom stereocenters. The van der Waals surface area contributed by atoms with E-state index >= 15 is 0 Å². The molecule has 11 heavy (non-hydrogen) atoms. The van der Waals surface area contributed by atoms with E-state index in [2.05, 4.69) is 46.5 Å². The Morgan fingerprint density at radius 3 is 1.73 bits per heavy atom. The van der Waals surface area contributed by atoms with Crippen LogP contribution in [0, 0.1) is 0 Å². The average molecular weight is 300 g/mol. The van der Waals surface area contributed by atoms with Gasteiger partial charge in [0.2, 0.25) is 0 Å². The van der Waals surface area contributed by atoms with E-state index in [1.165, 1.54) is 0 Å². The molecule has 0 unspecified atom stereocenters. The smallest absolute Gasteiger partial charge is 0.376 e. The van der Waals surface area contributed by atoms with Gasteiger partial charge in [0.15, 0.2) is 0 Å². The molecular formula is C7H16Br2MgO. The molecule has 66 valence electrons. The maximum Gasteiger partial charge on any atom is 0.560 e. The standard InChI is InChI=1S/C7H16O.2BrH.Mg/c1-5-7(3,4)8-6-2;;;/h5-6H2,1-4H3;2*1H;/q;;;+2/p-2. The molecule has 0 heterocycles. The monoisotopic (exact) mass is 298 g/mol. The third-order valence-corrected chi connectivity index (χ3v) is 1.39. The van der Waals surface area contributed by atoms with Gasteiger partial charge in [-0.25, -0.2) is 0 Å². The lowest BCUT2D eigenvalue weighted by Gasteiger charge is -2.21. The summed E-state index contributed by atoms with van der Waals surface area (Å²) >= 11 is 6.44. The van der Waals surface area contributed by atoms with E-state index in [1.807, 2.05) is 6.92 Å². The molecule has 0 spiro atoms. The third kappa shape index (κ3) is 14.5. The lowest BCUT2D eigenvalue weighted by molar-refractivity contribution is -0.0124. The van der Waals surface area contributed by atoms with Crippen LogP contribution in [0.2, 0.25) is 0 Å². The summed E-state index contributed by atoms with van der Waals surface area (Å²) in [6.45, 7) is 9.20. The van der Waals surface area contributed by atoms with Crippen molar-refractivity contribution >= 4 is 41.8 Å². The molecule has 0 aliphatic rings. The van der Waals surface area contributed by atoms with Gasteiger partial charge < -0.3 is 4.74 Å². The molecule has 0 aromatic carbocycles. The van der Waals surface area contributed by atoms with E-state index in [4.69, 9.17) is 4.74 Å². The van der Waals surface area contributed by atoms with Gasteiger partial charge in [-0.3, -0.25) is 25.8 Å². The Hall–Kier alpha value is 1.69. The van der Waals surface area contributed by atoms with Crippen molar-refractivity contribution in [1.82, 2.24) is 0 Å². The van der Waals surface area contributed by atoms with Crippen LogP contribution >= 0.6 is 25.8 Å². The molecule has 0 rings (SSSR count). The first-order chi connectivity index (χ1) is 5.04. The Kier molecular flexibility index (Phi) is 13.5. The fourth-order valence-electron chi connectivity index (χ4n) is 0.493. The Labute approximate surface area is 92.1 Å². The van der Waals surface area contributed by atoms with Crippen LogP contribution in [0.25, 0.3) is 0 Å². The molecule has 0 aromatic rings. The number of hydrogen-bond acceptors (Lipinski definition) is 1. The van der Waals surface area contributed by atoms with Crippen molar-refractivity contribution in [2.75, 3.05) is 6.61 Å². The van der Waals surface area contributed by atoms with Crippen molar-refractivity contribution in [3.8, 4) is 0 Å². The van der Waals surface area contributed by atoms with Crippen LogP contribution in [-0.4, -0.2) is 28.2 Å². The molecule has 0 aliphatic carbocycles. The maximum absolute atomic E-state index is 5.38. The minimum atomic E-state index is 0.0417. The van der Waals surface area contributed by atoms with Gasteiger partial charge in [0.1, 0.15) is 0 Å². The molecule has 0 N–H and O–H groups in total. The third-order valence-electron chi connectivity index (χ3n) is 1.39. The van der Waals surface area contributed by atoms with E-state index in [0.717, 1.165) is 13.0 Å². The number of ether oxygens (including phenoxy) is 1. The summed E-state index contributed by atoms with van der Waals surface area (Å²) < 4.78 is 5.38. The SMILES string of the molecule is CCOC(C)(C)CC.[Br][Mg][Br]. The molecule has 4 heteroatoms. The summed E-state index contributed by atoms with van der Waals surface area (Å²) in [6.07, 6.45) is 1.08. The highest BCUT2D eigenvalue weighted by Gasteiger charge is 2.12. The van der Waals surface area contributed by atoms with Crippen LogP contribution in [0.3, 0.4) is 0 Å². The molecule has 0 aromatic heterocycles. The fourth-order valence-corrected chi connectivity index (χ4v) is 0.493. The molecule has 0 radical (unpaired) electrons. The van der Waals surface area contributed by atoms with Gasteiger partial charge in [0, 0.05) is 6.61 Å². The van der Waals surface area contributed by atoms with Crippen molar-refractivity contribution in [3.63, 3.8) is 0 Å². The molecule has 0 fully saturated rings. The van der Waals surface area contributed by atoms with Crippen molar-refractivity contribution in [1.29, 1.82) is 0 Å². The second-order valence-electron chi connectivity index (χ2n) is 2.65. The topological polar surface area (TPSA) is 9.23 Å². The van der Waals surface area contributed by atoms with E-state index in [0.29, 0.717) is 0 Å². The molecular weight excluding hydrogens is 284 g/mol. The lowest BCUT2D eigenvalue weighted by Crippen LogP contribution is -2.22.